The minimum atomic E-state index is -2.79. The number of nitrogens with two attached hydrogens (primary N) is 1. The second-order valence-corrected chi connectivity index (χ2v) is 3.05. The molecule has 0 radical (unpaired) electrons. The van der Waals surface area contributed by atoms with E-state index in [0.29, 0.717) is 0 Å². The van der Waals surface area contributed by atoms with Crippen molar-refractivity contribution in [1.82, 2.24) is 4.98 Å². The van der Waals surface area contributed by atoms with Crippen LogP contribution in [0.25, 0.3) is 0 Å². The number of nitrogen functional groups attached to an aromatic ring is 1. The lowest BCUT2D eigenvalue weighted by Gasteiger charge is -2.06. The Labute approximate surface area is 81.3 Å². The molecule has 0 aliphatic rings. The highest BCUT2D eigenvalue weighted by Gasteiger charge is 2.19. The van der Waals surface area contributed by atoms with E-state index in [9.17, 15) is 8.78 Å². The first-order valence-corrected chi connectivity index (χ1v) is 3.99. The average molecular weight is 248 g/mol. The summed E-state index contributed by atoms with van der Waals surface area (Å²) in [6, 6.07) is 1.55. The molecule has 0 aliphatic heterocycles. The molecule has 0 fully saturated rings. The largest absolute Gasteiger partial charge is 0.397 e. The van der Waals surface area contributed by atoms with Gasteiger partial charge in [0.1, 0.15) is 6.07 Å². The van der Waals surface area contributed by atoms with Gasteiger partial charge >= 0.3 is 0 Å². The van der Waals surface area contributed by atoms with Gasteiger partial charge in [0.2, 0.25) is 0 Å². The molecule has 1 aromatic rings. The van der Waals surface area contributed by atoms with E-state index in [-0.39, 0.29) is 15.9 Å². The third-order valence-corrected chi connectivity index (χ3v) is 2.07. The SMILES string of the molecule is N#Cc1ncc(Br)c(N)c1C(F)F. The molecule has 6 heteroatoms. The molecule has 1 aromatic heterocycles. The summed E-state index contributed by atoms with van der Waals surface area (Å²) >= 11 is 2.95. The fourth-order valence-corrected chi connectivity index (χ4v) is 1.14. The summed E-state index contributed by atoms with van der Waals surface area (Å²) in [4.78, 5) is 3.51. The Morgan fingerprint density at radius 2 is 2.23 bits per heavy atom. The van der Waals surface area contributed by atoms with Crippen LogP contribution in [-0.2, 0) is 0 Å². The fraction of sp³-hybridized carbons (Fsp3) is 0.143. The molecule has 0 saturated heterocycles. The minimum absolute atomic E-state index is 0.137. The van der Waals surface area contributed by atoms with Crippen molar-refractivity contribution in [2.75, 3.05) is 5.73 Å². The predicted octanol–water partition coefficient (Wildman–Crippen LogP) is 2.24. The van der Waals surface area contributed by atoms with E-state index < -0.39 is 12.0 Å². The molecule has 13 heavy (non-hydrogen) atoms. The summed E-state index contributed by atoms with van der Waals surface area (Å²) < 4.78 is 25.0. The van der Waals surface area contributed by atoms with Crippen molar-refractivity contribution < 1.29 is 8.78 Å². The number of hydrogen-bond acceptors (Lipinski definition) is 3. The molecule has 68 valence electrons. The van der Waals surface area contributed by atoms with E-state index in [1.54, 1.807) is 6.07 Å². The van der Waals surface area contributed by atoms with E-state index in [1.165, 1.54) is 6.20 Å². The van der Waals surface area contributed by atoms with Gasteiger partial charge in [-0.05, 0) is 15.9 Å². The van der Waals surface area contributed by atoms with Gasteiger partial charge in [0.15, 0.2) is 5.69 Å². The number of halogens is 3. The summed E-state index contributed by atoms with van der Waals surface area (Å²) in [5, 5.41) is 8.47. The quantitative estimate of drug-likeness (QED) is 0.828. The Bertz CT molecular complexity index is 373. The zero-order valence-corrected chi connectivity index (χ0v) is 7.85. The third kappa shape index (κ3) is 1.75. The second kappa shape index (κ2) is 3.66. The van der Waals surface area contributed by atoms with E-state index in [2.05, 4.69) is 20.9 Å². The molecular weight excluding hydrogens is 244 g/mol. The van der Waals surface area contributed by atoms with Crippen LogP contribution in [0.5, 0.6) is 0 Å². The molecule has 0 atom stereocenters. The standard InChI is InChI=1S/C7H4BrF2N3/c8-3-2-13-4(1-11)5(6(3)12)7(9)10/h2,7H,(H2,12,13). The van der Waals surface area contributed by atoms with Gasteiger partial charge in [0.05, 0.1) is 15.7 Å². The highest BCUT2D eigenvalue weighted by molar-refractivity contribution is 9.10. The van der Waals surface area contributed by atoms with Gasteiger partial charge in [-0.1, -0.05) is 0 Å². The lowest BCUT2D eigenvalue weighted by Crippen LogP contribution is -2.01. The van der Waals surface area contributed by atoms with Crippen LogP contribution in [0, 0.1) is 11.3 Å². The topological polar surface area (TPSA) is 62.7 Å². The maximum absolute atomic E-state index is 12.4. The van der Waals surface area contributed by atoms with Crippen molar-refractivity contribution in [3.05, 3.63) is 21.9 Å². The van der Waals surface area contributed by atoms with Crippen LogP contribution in [0.3, 0.4) is 0 Å². The first-order valence-electron chi connectivity index (χ1n) is 3.20. The number of rotatable bonds is 1. The average Bonchev–Trinajstić information content (AvgIpc) is 2.08. The van der Waals surface area contributed by atoms with Crippen molar-refractivity contribution in [2.24, 2.45) is 0 Å². The maximum Gasteiger partial charge on any atom is 0.268 e. The van der Waals surface area contributed by atoms with Gasteiger partial charge in [0.25, 0.3) is 6.43 Å². The minimum Gasteiger partial charge on any atom is -0.397 e. The molecule has 1 rings (SSSR count). The third-order valence-electron chi connectivity index (χ3n) is 1.43. The molecular formula is C7H4BrF2N3. The van der Waals surface area contributed by atoms with Gasteiger partial charge in [-0.2, -0.15) is 5.26 Å². The van der Waals surface area contributed by atoms with Crippen LogP contribution in [-0.4, -0.2) is 4.98 Å². The first kappa shape index (κ1) is 9.86. The molecule has 1 heterocycles. The van der Waals surface area contributed by atoms with Crippen molar-refractivity contribution in [2.45, 2.75) is 6.43 Å². The molecule has 3 nitrogen and oxygen atoms in total. The van der Waals surface area contributed by atoms with Crippen LogP contribution in [0.1, 0.15) is 17.7 Å². The van der Waals surface area contributed by atoms with E-state index in [0.717, 1.165) is 0 Å². The van der Waals surface area contributed by atoms with Crippen LogP contribution < -0.4 is 5.73 Å². The fourth-order valence-electron chi connectivity index (χ4n) is 0.827. The van der Waals surface area contributed by atoms with E-state index in [1.807, 2.05) is 0 Å². The summed E-state index contributed by atoms with van der Waals surface area (Å²) in [6.07, 6.45) is -1.57. The van der Waals surface area contributed by atoms with E-state index >= 15 is 0 Å². The summed E-state index contributed by atoms with van der Waals surface area (Å²) in [5.41, 5.74) is 4.35. The Morgan fingerprint density at radius 1 is 1.62 bits per heavy atom. The zero-order valence-electron chi connectivity index (χ0n) is 6.26. The Morgan fingerprint density at radius 3 is 2.69 bits per heavy atom. The first-order chi connectivity index (χ1) is 6.07. The van der Waals surface area contributed by atoms with Gasteiger partial charge < -0.3 is 5.73 Å². The lowest BCUT2D eigenvalue weighted by molar-refractivity contribution is 0.151. The Balaban J connectivity index is 3.43. The van der Waals surface area contributed by atoms with E-state index in [4.69, 9.17) is 11.0 Å². The monoisotopic (exact) mass is 247 g/mol. The van der Waals surface area contributed by atoms with Crippen LogP contribution in [0.15, 0.2) is 10.7 Å². The predicted molar refractivity (Wildman–Crippen MR) is 46.0 cm³/mol. The second-order valence-electron chi connectivity index (χ2n) is 2.19. The molecule has 0 amide bonds. The molecule has 2 N–H and O–H groups in total. The molecule has 0 aromatic carbocycles. The smallest absolute Gasteiger partial charge is 0.268 e. The zero-order chi connectivity index (χ0) is 10.0. The van der Waals surface area contributed by atoms with Gasteiger partial charge in [-0.3, -0.25) is 0 Å². The normalized spacial score (nSPS) is 10.1. The van der Waals surface area contributed by atoms with Crippen molar-refractivity contribution in [1.29, 1.82) is 5.26 Å². The van der Waals surface area contributed by atoms with Crippen LogP contribution in [0.2, 0.25) is 0 Å². The molecule has 0 saturated carbocycles. The number of nitriles is 1. The molecule has 0 bridgehead atoms. The number of alkyl halides is 2. The lowest BCUT2D eigenvalue weighted by atomic mass is 10.2. The van der Waals surface area contributed by atoms with Gasteiger partial charge in [-0.15, -0.1) is 0 Å². The number of pyridine rings is 1. The number of hydrogen-bond donors (Lipinski definition) is 1. The van der Waals surface area contributed by atoms with Gasteiger partial charge in [0, 0.05) is 6.20 Å². The molecule has 0 spiro atoms. The summed E-state index contributed by atoms with van der Waals surface area (Å²) in [6.45, 7) is 0. The van der Waals surface area contributed by atoms with Crippen LogP contribution in [0.4, 0.5) is 14.5 Å². The molecule has 0 aliphatic carbocycles. The number of anilines is 1. The Kier molecular flexibility index (Phi) is 2.78. The number of nitrogens with zero attached hydrogens (tertiary/aromatic N) is 2. The summed E-state index contributed by atoms with van der Waals surface area (Å²) in [7, 11) is 0. The highest BCUT2D eigenvalue weighted by Crippen LogP contribution is 2.31. The maximum atomic E-state index is 12.4. The molecule has 0 unspecified atom stereocenters. The highest BCUT2D eigenvalue weighted by atomic mass is 79.9. The number of aromatic nitrogens is 1. The van der Waals surface area contributed by atoms with Gasteiger partial charge in [-0.25, -0.2) is 13.8 Å². The van der Waals surface area contributed by atoms with Crippen molar-refractivity contribution in [3.8, 4) is 6.07 Å². The van der Waals surface area contributed by atoms with Crippen LogP contribution >= 0.6 is 15.9 Å². The van der Waals surface area contributed by atoms with Crippen molar-refractivity contribution in [3.63, 3.8) is 0 Å². The summed E-state index contributed by atoms with van der Waals surface area (Å²) in [5.74, 6) is 0. The Hall–Kier alpha value is -1.22. The van der Waals surface area contributed by atoms with Crippen molar-refractivity contribution >= 4 is 21.6 Å².